The summed E-state index contributed by atoms with van der Waals surface area (Å²) >= 11 is 0. The lowest BCUT2D eigenvalue weighted by atomic mass is 10.2. The summed E-state index contributed by atoms with van der Waals surface area (Å²) < 4.78 is 41.6. The van der Waals surface area contributed by atoms with E-state index in [1.54, 1.807) is 6.07 Å². The van der Waals surface area contributed by atoms with Crippen LogP contribution in [0.15, 0.2) is 18.2 Å². The van der Waals surface area contributed by atoms with E-state index >= 15 is 0 Å². The maximum absolute atomic E-state index is 12.2. The van der Waals surface area contributed by atoms with Gasteiger partial charge in [-0.2, -0.15) is 13.2 Å². The molecule has 1 aromatic carbocycles. The van der Waals surface area contributed by atoms with E-state index in [2.05, 4.69) is 4.90 Å². The summed E-state index contributed by atoms with van der Waals surface area (Å²) in [6, 6.07) is 5.40. The van der Waals surface area contributed by atoms with Crippen LogP contribution in [0.25, 0.3) is 0 Å². The van der Waals surface area contributed by atoms with Crippen molar-refractivity contribution in [3.05, 3.63) is 23.8 Å². The topological polar surface area (TPSA) is 12.5 Å². The normalized spacial score (nSPS) is 16.1. The van der Waals surface area contributed by atoms with Crippen molar-refractivity contribution in [2.75, 3.05) is 24.6 Å². The van der Waals surface area contributed by atoms with E-state index in [0.29, 0.717) is 5.75 Å². The molecular formula is C13H16F3NO. The first-order valence-corrected chi connectivity index (χ1v) is 6.01. The number of hydrogen-bond donors (Lipinski definition) is 0. The van der Waals surface area contributed by atoms with Crippen LogP contribution in [-0.2, 0) is 0 Å². The monoisotopic (exact) mass is 259 g/mol. The van der Waals surface area contributed by atoms with Gasteiger partial charge in [-0.25, -0.2) is 0 Å². The van der Waals surface area contributed by atoms with E-state index in [1.807, 2.05) is 19.1 Å². The smallest absolute Gasteiger partial charge is 0.422 e. The fourth-order valence-corrected chi connectivity index (χ4v) is 2.12. The standard InChI is InChI=1S/C13H16F3NO/c1-10-4-5-11(17-6-2-3-7-17)12(8-10)18-9-13(14,15)16/h4-5,8H,2-3,6-7,9H2,1H3. The predicted octanol–water partition coefficient (Wildman–Crippen LogP) is 3.54. The van der Waals surface area contributed by atoms with Crippen LogP contribution in [0.4, 0.5) is 18.9 Å². The Morgan fingerprint density at radius 3 is 2.50 bits per heavy atom. The van der Waals surface area contributed by atoms with Gasteiger partial charge in [0.15, 0.2) is 6.61 Å². The van der Waals surface area contributed by atoms with E-state index in [0.717, 1.165) is 37.2 Å². The average Bonchev–Trinajstić information content (AvgIpc) is 2.79. The Balaban J connectivity index is 2.17. The van der Waals surface area contributed by atoms with Gasteiger partial charge in [-0.1, -0.05) is 6.07 Å². The highest BCUT2D eigenvalue weighted by molar-refractivity contribution is 5.60. The average molecular weight is 259 g/mol. The molecule has 2 nitrogen and oxygen atoms in total. The van der Waals surface area contributed by atoms with Crippen LogP contribution in [0.3, 0.4) is 0 Å². The third-order valence-electron chi connectivity index (χ3n) is 2.95. The molecule has 1 saturated heterocycles. The molecule has 0 N–H and O–H groups in total. The number of halogens is 3. The predicted molar refractivity (Wildman–Crippen MR) is 64.2 cm³/mol. The molecule has 0 atom stereocenters. The summed E-state index contributed by atoms with van der Waals surface area (Å²) in [5.41, 5.74) is 1.66. The number of rotatable bonds is 3. The second kappa shape index (κ2) is 5.08. The second-order valence-electron chi connectivity index (χ2n) is 4.57. The summed E-state index contributed by atoms with van der Waals surface area (Å²) in [7, 11) is 0. The zero-order valence-electron chi connectivity index (χ0n) is 10.3. The van der Waals surface area contributed by atoms with Crippen LogP contribution in [0, 0.1) is 6.92 Å². The van der Waals surface area contributed by atoms with Gasteiger partial charge in [0.25, 0.3) is 0 Å². The molecule has 0 aromatic heterocycles. The Kier molecular flexibility index (Phi) is 3.68. The van der Waals surface area contributed by atoms with Crippen molar-refractivity contribution < 1.29 is 17.9 Å². The Bertz CT molecular complexity index is 411. The van der Waals surface area contributed by atoms with E-state index in [9.17, 15) is 13.2 Å². The third kappa shape index (κ3) is 3.31. The maximum atomic E-state index is 12.2. The van der Waals surface area contributed by atoms with Gasteiger partial charge < -0.3 is 9.64 Å². The first-order valence-electron chi connectivity index (χ1n) is 6.01. The highest BCUT2D eigenvalue weighted by Gasteiger charge is 2.29. The number of benzene rings is 1. The minimum absolute atomic E-state index is 0.328. The van der Waals surface area contributed by atoms with Crippen molar-refractivity contribution >= 4 is 5.69 Å². The summed E-state index contributed by atoms with van der Waals surface area (Å²) in [5.74, 6) is 0.328. The largest absolute Gasteiger partial charge is 0.482 e. The van der Waals surface area contributed by atoms with Gasteiger partial charge in [0, 0.05) is 13.1 Å². The van der Waals surface area contributed by atoms with Crippen LogP contribution in [0.2, 0.25) is 0 Å². The minimum Gasteiger partial charge on any atom is -0.482 e. The van der Waals surface area contributed by atoms with Crippen LogP contribution >= 0.6 is 0 Å². The van der Waals surface area contributed by atoms with E-state index in [-0.39, 0.29) is 0 Å². The van der Waals surface area contributed by atoms with E-state index in [4.69, 9.17) is 4.74 Å². The summed E-state index contributed by atoms with van der Waals surface area (Å²) in [6.07, 6.45) is -2.15. The van der Waals surface area contributed by atoms with Gasteiger partial charge in [0.05, 0.1) is 5.69 Å². The van der Waals surface area contributed by atoms with Crippen molar-refractivity contribution in [1.82, 2.24) is 0 Å². The van der Waals surface area contributed by atoms with Gasteiger partial charge in [-0.3, -0.25) is 0 Å². The molecule has 0 saturated carbocycles. The van der Waals surface area contributed by atoms with Gasteiger partial charge in [-0.15, -0.1) is 0 Å². The highest BCUT2D eigenvalue weighted by Crippen LogP contribution is 2.32. The fraction of sp³-hybridized carbons (Fsp3) is 0.538. The highest BCUT2D eigenvalue weighted by atomic mass is 19.4. The molecule has 0 aliphatic carbocycles. The second-order valence-corrected chi connectivity index (χ2v) is 4.57. The number of nitrogens with zero attached hydrogens (tertiary/aromatic N) is 1. The molecule has 18 heavy (non-hydrogen) atoms. The minimum atomic E-state index is -4.30. The number of aryl methyl sites for hydroxylation is 1. The summed E-state index contributed by atoms with van der Waals surface area (Å²) in [6.45, 7) is 2.36. The summed E-state index contributed by atoms with van der Waals surface area (Å²) in [5, 5.41) is 0. The number of hydrogen-bond acceptors (Lipinski definition) is 2. The molecule has 0 amide bonds. The molecule has 0 spiro atoms. The number of anilines is 1. The lowest BCUT2D eigenvalue weighted by Gasteiger charge is -2.22. The molecule has 0 unspecified atom stereocenters. The Morgan fingerprint density at radius 2 is 1.89 bits per heavy atom. The molecule has 1 aliphatic heterocycles. The van der Waals surface area contributed by atoms with Gasteiger partial charge >= 0.3 is 6.18 Å². The number of alkyl halides is 3. The molecule has 1 aromatic rings. The first-order chi connectivity index (χ1) is 8.46. The Hall–Kier alpha value is -1.39. The van der Waals surface area contributed by atoms with Crippen molar-refractivity contribution in [2.45, 2.75) is 25.9 Å². The molecule has 0 radical (unpaired) electrons. The third-order valence-corrected chi connectivity index (χ3v) is 2.95. The molecule has 1 fully saturated rings. The van der Waals surface area contributed by atoms with Crippen LogP contribution in [0.5, 0.6) is 5.75 Å². The summed E-state index contributed by atoms with van der Waals surface area (Å²) in [4.78, 5) is 2.07. The van der Waals surface area contributed by atoms with Crippen LogP contribution in [-0.4, -0.2) is 25.9 Å². The van der Waals surface area contributed by atoms with Crippen molar-refractivity contribution in [1.29, 1.82) is 0 Å². The van der Waals surface area contributed by atoms with Crippen LogP contribution < -0.4 is 9.64 Å². The van der Waals surface area contributed by atoms with E-state index in [1.165, 1.54) is 0 Å². The molecule has 1 aliphatic rings. The number of ether oxygens (including phenoxy) is 1. The van der Waals surface area contributed by atoms with Crippen molar-refractivity contribution in [3.8, 4) is 5.75 Å². The van der Waals surface area contributed by atoms with Crippen molar-refractivity contribution in [3.63, 3.8) is 0 Å². The lowest BCUT2D eigenvalue weighted by molar-refractivity contribution is -0.153. The van der Waals surface area contributed by atoms with Gasteiger partial charge in [0.2, 0.25) is 0 Å². The molecule has 0 bridgehead atoms. The van der Waals surface area contributed by atoms with Crippen LogP contribution in [0.1, 0.15) is 18.4 Å². The quantitative estimate of drug-likeness (QED) is 0.823. The maximum Gasteiger partial charge on any atom is 0.422 e. The van der Waals surface area contributed by atoms with E-state index < -0.39 is 12.8 Å². The Morgan fingerprint density at radius 1 is 1.22 bits per heavy atom. The zero-order chi connectivity index (χ0) is 13.2. The molecule has 2 rings (SSSR count). The van der Waals surface area contributed by atoms with Gasteiger partial charge in [0.1, 0.15) is 5.75 Å². The lowest BCUT2D eigenvalue weighted by Crippen LogP contribution is -2.22. The molecule has 100 valence electrons. The van der Waals surface area contributed by atoms with Crippen molar-refractivity contribution in [2.24, 2.45) is 0 Å². The Labute approximate surface area is 104 Å². The molecule has 5 heteroatoms. The zero-order valence-corrected chi connectivity index (χ0v) is 10.3. The SMILES string of the molecule is Cc1ccc(N2CCCC2)c(OCC(F)(F)F)c1. The molecular weight excluding hydrogens is 243 g/mol. The fourth-order valence-electron chi connectivity index (χ4n) is 2.12. The first kappa shape index (κ1) is 13.1. The van der Waals surface area contributed by atoms with Gasteiger partial charge in [-0.05, 0) is 37.5 Å². The molecule has 1 heterocycles.